The molecule has 0 aliphatic carbocycles. The fraction of sp³-hybridized carbons (Fsp3) is 0.222. The maximum Gasteiger partial charge on any atom is 0.133 e. The number of hydrogen-bond acceptors (Lipinski definition) is 3. The molecule has 0 unspecified atom stereocenters. The molecule has 0 saturated heterocycles. The number of benzene rings is 1. The van der Waals surface area contributed by atoms with Crippen LogP contribution in [-0.2, 0) is 0 Å². The van der Waals surface area contributed by atoms with Crippen molar-refractivity contribution in [3.8, 4) is 11.5 Å². The number of methoxy groups -OCH3 is 2. The summed E-state index contributed by atoms with van der Waals surface area (Å²) in [6.07, 6.45) is 0. The molecule has 0 atom stereocenters. The number of ether oxygens (including phenoxy) is 2. The lowest BCUT2D eigenvalue weighted by molar-refractivity contribution is 0.392. The molecule has 0 fully saturated rings. The fourth-order valence-corrected chi connectivity index (χ4v) is 1.12. The molecule has 1 aromatic rings. The van der Waals surface area contributed by atoms with E-state index in [4.69, 9.17) is 20.6 Å². The fourth-order valence-electron chi connectivity index (χ4n) is 1.12. The maximum atomic E-state index is 7.34. The molecule has 13 heavy (non-hydrogen) atoms. The Kier molecular flexibility index (Phi) is 2.74. The van der Waals surface area contributed by atoms with Crippen molar-refractivity contribution < 1.29 is 9.47 Å². The Morgan fingerprint density at radius 1 is 1.23 bits per heavy atom. The van der Waals surface area contributed by atoms with E-state index < -0.39 is 0 Å². The van der Waals surface area contributed by atoms with E-state index in [9.17, 15) is 0 Å². The molecule has 0 radical (unpaired) electrons. The molecule has 0 amide bonds. The van der Waals surface area contributed by atoms with Gasteiger partial charge in [0.1, 0.15) is 17.3 Å². The Morgan fingerprint density at radius 2 is 1.69 bits per heavy atom. The second-order valence-corrected chi connectivity index (χ2v) is 2.45. The molecule has 0 saturated carbocycles. The van der Waals surface area contributed by atoms with Crippen LogP contribution in [0.2, 0.25) is 0 Å². The van der Waals surface area contributed by atoms with Gasteiger partial charge in [0.2, 0.25) is 0 Å². The zero-order chi connectivity index (χ0) is 9.84. The topological polar surface area (TPSA) is 68.3 Å². The monoisotopic (exact) mass is 180 g/mol. The SMILES string of the molecule is COc1cccc(OC)c1C(=N)N. The Balaban J connectivity index is 3.29. The molecule has 0 spiro atoms. The van der Waals surface area contributed by atoms with Crippen LogP contribution in [-0.4, -0.2) is 20.1 Å². The van der Waals surface area contributed by atoms with Gasteiger partial charge >= 0.3 is 0 Å². The molecule has 4 heteroatoms. The minimum atomic E-state index is -0.0608. The highest BCUT2D eigenvalue weighted by Gasteiger charge is 2.11. The molecule has 0 aliphatic heterocycles. The highest BCUT2D eigenvalue weighted by molar-refractivity contribution is 6.00. The minimum Gasteiger partial charge on any atom is -0.496 e. The average molecular weight is 180 g/mol. The molecular formula is C9H12N2O2. The molecule has 0 aliphatic rings. The predicted molar refractivity (Wildman–Crippen MR) is 50.6 cm³/mol. The van der Waals surface area contributed by atoms with Crippen LogP contribution < -0.4 is 15.2 Å². The third kappa shape index (κ3) is 1.72. The molecule has 4 nitrogen and oxygen atoms in total. The summed E-state index contributed by atoms with van der Waals surface area (Å²) >= 11 is 0. The van der Waals surface area contributed by atoms with Crippen LogP contribution in [0.1, 0.15) is 5.56 Å². The van der Waals surface area contributed by atoms with Gasteiger partial charge in [-0.2, -0.15) is 0 Å². The van der Waals surface area contributed by atoms with Crippen molar-refractivity contribution in [3.05, 3.63) is 23.8 Å². The van der Waals surface area contributed by atoms with Crippen LogP contribution in [0.5, 0.6) is 11.5 Å². The van der Waals surface area contributed by atoms with Crippen LogP contribution in [0, 0.1) is 5.41 Å². The first-order chi connectivity index (χ1) is 6.20. The van der Waals surface area contributed by atoms with E-state index in [0.717, 1.165) is 0 Å². The van der Waals surface area contributed by atoms with Crippen molar-refractivity contribution >= 4 is 5.84 Å². The van der Waals surface area contributed by atoms with Gasteiger partial charge in [0, 0.05) is 0 Å². The summed E-state index contributed by atoms with van der Waals surface area (Å²) < 4.78 is 10.1. The highest BCUT2D eigenvalue weighted by atomic mass is 16.5. The van der Waals surface area contributed by atoms with Crippen LogP contribution in [0.15, 0.2) is 18.2 Å². The highest BCUT2D eigenvalue weighted by Crippen LogP contribution is 2.27. The van der Waals surface area contributed by atoms with Gasteiger partial charge in [-0.3, -0.25) is 5.41 Å². The molecule has 70 valence electrons. The van der Waals surface area contributed by atoms with E-state index in [-0.39, 0.29) is 5.84 Å². The zero-order valence-corrected chi connectivity index (χ0v) is 7.63. The Morgan fingerprint density at radius 3 is 2.00 bits per heavy atom. The molecule has 1 aromatic carbocycles. The van der Waals surface area contributed by atoms with Crippen LogP contribution in [0.3, 0.4) is 0 Å². The van der Waals surface area contributed by atoms with Crippen molar-refractivity contribution in [1.82, 2.24) is 0 Å². The second-order valence-electron chi connectivity index (χ2n) is 2.45. The van der Waals surface area contributed by atoms with Crippen LogP contribution >= 0.6 is 0 Å². The lowest BCUT2D eigenvalue weighted by Gasteiger charge is -2.10. The summed E-state index contributed by atoms with van der Waals surface area (Å²) in [6.45, 7) is 0. The third-order valence-corrected chi connectivity index (χ3v) is 1.70. The molecule has 0 aromatic heterocycles. The normalized spacial score (nSPS) is 9.38. The number of amidine groups is 1. The van der Waals surface area contributed by atoms with E-state index in [2.05, 4.69) is 0 Å². The van der Waals surface area contributed by atoms with Crippen molar-refractivity contribution in [2.75, 3.05) is 14.2 Å². The Bertz CT molecular complexity index is 301. The summed E-state index contributed by atoms with van der Waals surface area (Å²) in [5.74, 6) is 1.04. The average Bonchev–Trinajstić information content (AvgIpc) is 2.16. The number of rotatable bonds is 3. The lowest BCUT2D eigenvalue weighted by Crippen LogP contribution is -2.13. The maximum absolute atomic E-state index is 7.34. The number of hydrogen-bond donors (Lipinski definition) is 2. The lowest BCUT2D eigenvalue weighted by atomic mass is 10.1. The van der Waals surface area contributed by atoms with Crippen molar-refractivity contribution in [2.45, 2.75) is 0 Å². The number of nitrogens with two attached hydrogens (primary N) is 1. The van der Waals surface area contributed by atoms with Gasteiger partial charge < -0.3 is 15.2 Å². The van der Waals surface area contributed by atoms with E-state index in [0.29, 0.717) is 17.1 Å². The summed E-state index contributed by atoms with van der Waals surface area (Å²) in [4.78, 5) is 0. The van der Waals surface area contributed by atoms with Crippen molar-refractivity contribution in [3.63, 3.8) is 0 Å². The zero-order valence-electron chi connectivity index (χ0n) is 7.63. The Labute approximate surface area is 76.8 Å². The standard InChI is InChI=1S/C9H12N2O2/c1-12-6-4-3-5-7(13-2)8(6)9(10)11/h3-5H,1-2H3,(H3,10,11). The van der Waals surface area contributed by atoms with E-state index in [1.807, 2.05) is 0 Å². The smallest absolute Gasteiger partial charge is 0.133 e. The Hall–Kier alpha value is -1.71. The summed E-state index contributed by atoms with van der Waals surface area (Å²) in [7, 11) is 3.06. The van der Waals surface area contributed by atoms with Crippen molar-refractivity contribution in [1.29, 1.82) is 5.41 Å². The van der Waals surface area contributed by atoms with E-state index in [1.165, 1.54) is 14.2 Å². The van der Waals surface area contributed by atoms with Crippen molar-refractivity contribution in [2.24, 2.45) is 5.73 Å². The van der Waals surface area contributed by atoms with Gasteiger partial charge in [-0.25, -0.2) is 0 Å². The molecule has 1 rings (SSSR count). The quantitative estimate of drug-likeness (QED) is 0.538. The van der Waals surface area contributed by atoms with Gasteiger partial charge in [-0.15, -0.1) is 0 Å². The van der Waals surface area contributed by atoms with E-state index in [1.54, 1.807) is 18.2 Å². The van der Waals surface area contributed by atoms with E-state index >= 15 is 0 Å². The number of nitrogens with one attached hydrogen (secondary N) is 1. The van der Waals surface area contributed by atoms with Crippen LogP contribution in [0.25, 0.3) is 0 Å². The molecule has 0 heterocycles. The van der Waals surface area contributed by atoms with Crippen LogP contribution in [0.4, 0.5) is 0 Å². The second kappa shape index (κ2) is 3.80. The first-order valence-electron chi connectivity index (χ1n) is 3.76. The van der Waals surface area contributed by atoms with Gasteiger partial charge in [-0.1, -0.05) is 6.07 Å². The molecule has 0 bridgehead atoms. The largest absolute Gasteiger partial charge is 0.496 e. The summed E-state index contributed by atoms with van der Waals surface area (Å²) in [5.41, 5.74) is 5.88. The van der Waals surface area contributed by atoms with Gasteiger partial charge in [-0.05, 0) is 12.1 Å². The van der Waals surface area contributed by atoms with Gasteiger partial charge in [0.25, 0.3) is 0 Å². The number of nitrogen functional groups attached to an aromatic ring is 1. The minimum absolute atomic E-state index is 0.0608. The summed E-state index contributed by atoms with van der Waals surface area (Å²) in [5, 5.41) is 7.34. The molecular weight excluding hydrogens is 168 g/mol. The predicted octanol–water partition coefficient (Wildman–Crippen LogP) is 0.988. The van der Waals surface area contributed by atoms with Gasteiger partial charge in [0.15, 0.2) is 0 Å². The molecule has 3 N–H and O–H groups in total. The third-order valence-electron chi connectivity index (χ3n) is 1.70. The first kappa shape index (κ1) is 9.38. The van der Waals surface area contributed by atoms with Gasteiger partial charge in [0.05, 0.1) is 19.8 Å². The first-order valence-corrected chi connectivity index (χ1v) is 3.76. The summed E-state index contributed by atoms with van der Waals surface area (Å²) in [6, 6.07) is 5.25.